The molecule has 0 aliphatic heterocycles. The number of hydrogen-bond acceptors (Lipinski definition) is 5. The quantitative estimate of drug-likeness (QED) is 0.668. The minimum absolute atomic E-state index is 0.0387. The number of thiazole rings is 1. The number of benzene rings is 1. The van der Waals surface area contributed by atoms with E-state index in [1.165, 1.54) is 16.7 Å². The van der Waals surface area contributed by atoms with E-state index in [9.17, 15) is 9.59 Å². The second kappa shape index (κ2) is 9.29. The smallest absolute Gasteiger partial charge is 0.355 e. The summed E-state index contributed by atoms with van der Waals surface area (Å²) in [6, 6.07) is 7.53. The lowest BCUT2D eigenvalue weighted by Gasteiger charge is -2.13. The number of aromatic carboxylic acids is 1. The standard InChI is InChI=1S/C18H22N2O4S/c1-3-4-8-24-12(2)16(21)19-10-13-6-5-7-14(9-13)17-20-15(11-25-17)18(22)23/h5-7,9,11-12H,3-4,8,10H2,1-2H3,(H,19,21)(H,22,23). The van der Waals surface area contributed by atoms with Crippen LogP contribution in [0, 0.1) is 0 Å². The Bertz CT molecular complexity index is 729. The third-order valence-corrected chi connectivity index (χ3v) is 4.49. The van der Waals surface area contributed by atoms with Gasteiger partial charge < -0.3 is 15.2 Å². The average Bonchev–Trinajstić information content (AvgIpc) is 3.10. The molecule has 0 aliphatic rings. The van der Waals surface area contributed by atoms with Gasteiger partial charge in [-0.1, -0.05) is 31.5 Å². The highest BCUT2D eigenvalue weighted by molar-refractivity contribution is 7.13. The Kier molecular flexibility index (Phi) is 7.09. The van der Waals surface area contributed by atoms with Gasteiger partial charge in [-0.2, -0.15) is 0 Å². The minimum atomic E-state index is -1.04. The molecule has 6 nitrogen and oxygen atoms in total. The van der Waals surface area contributed by atoms with Crippen LogP contribution in [0.25, 0.3) is 10.6 Å². The van der Waals surface area contributed by atoms with Crippen molar-refractivity contribution >= 4 is 23.2 Å². The first-order valence-corrected chi connectivity index (χ1v) is 9.06. The highest BCUT2D eigenvalue weighted by atomic mass is 32.1. The summed E-state index contributed by atoms with van der Waals surface area (Å²) in [4.78, 5) is 27.1. The van der Waals surface area contributed by atoms with Gasteiger partial charge in [-0.3, -0.25) is 4.79 Å². The van der Waals surface area contributed by atoms with Crippen LogP contribution in [0.5, 0.6) is 0 Å². The molecule has 1 amide bonds. The van der Waals surface area contributed by atoms with Gasteiger partial charge in [-0.05, 0) is 25.0 Å². The number of ether oxygens (including phenoxy) is 1. The predicted molar refractivity (Wildman–Crippen MR) is 96.7 cm³/mol. The van der Waals surface area contributed by atoms with Gasteiger partial charge in [-0.15, -0.1) is 11.3 Å². The lowest BCUT2D eigenvalue weighted by Crippen LogP contribution is -2.34. The number of nitrogens with one attached hydrogen (secondary N) is 1. The van der Waals surface area contributed by atoms with E-state index in [1.807, 2.05) is 24.3 Å². The summed E-state index contributed by atoms with van der Waals surface area (Å²) in [5.74, 6) is -1.19. The van der Waals surface area contributed by atoms with Crippen LogP contribution in [0.15, 0.2) is 29.6 Å². The van der Waals surface area contributed by atoms with E-state index in [4.69, 9.17) is 9.84 Å². The van der Waals surface area contributed by atoms with E-state index in [0.29, 0.717) is 18.2 Å². The van der Waals surface area contributed by atoms with Crippen LogP contribution in [0.1, 0.15) is 42.7 Å². The summed E-state index contributed by atoms with van der Waals surface area (Å²) in [6.07, 6.45) is 1.49. The van der Waals surface area contributed by atoms with Crippen LogP contribution in [0.2, 0.25) is 0 Å². The molecular weight excluding hydrogens is 340 g/mol. The highest BCUT2D eigenvalue weighted by Gasteiger charge is 2.13. The van der Waals surface area contributed by atoms with Gasteiger partial charge in [-0.25, -0.2) is 9.78 Å². The van der Waals surface area contributed by atoms with Crippen molar-refractivity contribution in [1.29, 1.82) is 0 Å². The fraction of sp³-hybridized carbons (Fsp3) is 0.389. The number of unbranched alkanes of at least 4 members (excludes halogenated alkanes) is 1. The number of nitrogens with zero attached hydrogens (tertiary/aromatic N) is 1. The maximum absolute atomic E-state index is 12.0. The molecule has 0 saturated heterocycles. The lowest BCUT2D eigenvalue weighted by atomic mass is 10.1. The van der Waals surface area contributed by atoms with E-state index in [0.717, 1.165) is 24.0 Å². The number of hydrogen-bond donors (Lipinski definition) is 2. The third-order valence-electron chi connectivity index (χ3n) is 3.60. The van der Waals surface area contributed by atoms with Crippen molar-refractivity contribution < 1.29 is 19.4 Å². The molecule has 2 aromatic rings. The minimum Gasteiger partial charge on any atom is -0.476 e. The third kappa shape index (κ3) is 5.65. The van der Waals surface area contributed by atoms with Crippen LogP contribution in [-0.4, -0.2) is 34.7 Å². The van der Waals surface area contributed by atoms with Gasteiger partial charge in [0, 0.05) is 24.1 Å². The number of carbonyl (C=O) groups excluding carboxylic acids is 1. The van der Waals surface area contributed by atoms with Gasteiger partial charge in [0.25, 0.3) is 0 Å². The second-order valence-electron chi connectivity index (χ2n) is 5.63. The fourth-order valence-electron chi connectivity index (χ4n) is 2.13. The molecule has 1 heterocycles. The molecule has 2 N–H and O–H groups in total. The van der Waals surface area contributed by atoms with Gasteiger partial charge in [0.15, 0.2) is 5.69 Å². The first-order chi connectivity index (χ1) is 12.0. The Morgan fingerprint density at radius 3 is 2.88 bits per heavy atom. The predicted octanol–water partition coefficient (Wildman–Crippen LogP) is 3.33. The number of aromatic nitrogens is 1. The Balaban J connectivity index is 1.94. The van der Waals surface area contributed by atoms with Crippen molar-refractivity contribution in [2.24, 2.45) is 0 Å². The molecular formula is C18H22N2O4S. The number of carboxylic acid groups (broad SMARTS) is 1. The Hall–Kier alpha value is -2.25. The van der Waals surface area contributed by atoms with E-state index < -0.39 is 12.1 Å². The van der Waals surface area contributed by atoms with E-state index >= 15 is 0 Å². The van der Waals surface area contributed by atoms with Crippen molar-refractivity contribution in [3.8, 4) is 10.6 Å². The van der Waals surface area contributed by atoms with Gasteiger partial charge >= 0.3 is 5.97 Å². The maximum atomic E-state index is 12.0. The fourth-order valence-corrected chi connectivity index (χ4v) is 2.92. The summed E-state index contributed by atoms with van der Waals surface area (Å²) in [5, 5.41) is 14.0. The van der Waals surface area contributed by atoms with E-state index in [2.05, 4.69) is 17.2 Å². The summed E-state index contributed by atoms with van der Waals surface area (Å²) in [7, 11) is 0. The zero-order chi connectivity index (χ0) is 18.2. The van der Waals surface area contributed by atoms with Crippen LogP contribution in [-0.2, 0) is 16.1 Å². The molecule has 1 unspecified atom stereocenters. The Morgan fingerprint density at radius 1 is 1.40 bits per heavy atom. The second-order valence-corrected chi connectivity index (χ2v) is 6.49. The van der Waals surface area contributed by atoms with Crippen molar-refractivity contribution in [2.45, 2.75) is 39.3 Å². The Labute approximate surface area is 150 Å². The monoisotopic (exact) mass is 362 g/mol. The zero-order valence-electron chi connectivity index (χ0n) is 14.3. The maximum Gasteiger partial charge on any atom is 0.355 e. The molecule has 0 aliphatic carbocycles. The molecule has 1 aromatic carbocycles. The van der Waals surface area contributed by atoms with Gasteiger partial charge in [0.2, 0.25) is 5.91 Å². The number of rotatable bonds is 9. The molecule has 0 radical (unpaired) electrons. The van der Waals surface area contributed by atoms with Crippen LogP contribution < -0.4 is 5.32 Å². The molecule has 1 atom stereocenters. The van der Waals surface area contributed by atoms with Crippen molar-refractivity contribution in [1.82, 2.24) is 10.3 Å². The average molecular weight is 362 g/mol. The van der Waals surface area contributed by atoms with Crippen LogP contribution >= 0.6 is 11.3 Å². The van der Waals surface area contributed by atoms with E-state index in [1.54, 1.807) is 6.92 Å². The summed E-state index contributed by atoms with van der Waals surface area (Å²) in [6.45, 7) is 4.77. The summed E-state index contributed by atoms with van der Waals surface area (Å²) < 4.78 is 5.47. The topological polar surface area (TPSA) is 88.5 Å². The molecule has 7 heteroatoms. The van der Waals surface area contributed by atoms with E-state index in [-0.39, 0.29) is 11.6 Å². The largest absolute Gasteiger partial charge is 0.476 e. The van der Waals surface area contributed by atoms with Crippen molar-refractivity contribution in [3.63, 3.8) is 0 Å². The molecule has 1 aromatic heterocycles. The van der Waals surface area contributed by atoms with Crippen molar-refractivity contribution in [2.75, 3.05) is 6.61 Å². The molecule has 25 heavy (non-hydrogen) atoms. The lowest BCUT2D eigenvalue weighted by molar-refractivity contribution is -0.131. The van der Waals surface area contributed by atoms with Gasteiger partial charge in [0.1, 0.15) is 11.1 Å². The first kappa shape index (κ1) is 19.1. The summed E-state index contributed by atoms with van der Waals surface area (Å²) >= 11 is 1.28. The molecule has 134 valence electrons. The van der Waals surface area contributed by atoms with Crippen LogP contribution in [0.3, 0.4) is 0 Å². The molecule has 2 rings (SSSR count). The molecule has 0 spiro atoms. The number of amides is 1. The highest BCUT2D eigenvalue weighted by Crippen LogP contribution is 2.24. The number of carboxylic acids is 1. The van der Waals surface area contributed by atoms with Crippen LogP contribution in [0.4, 0.5) is 0 Å². The molecule has 0 saturated carbocycles. The molecule has 0 bridgehead atoms. The van der Waals surface area contributed by atoms with Gasteiger partial charge in [0.05, 0.1) is 0 Å². The summed E-state index contributed by atoms with van der Waals surface area (Å²) in [5.41, 5.74) is 1.78. The first-order valence-electron chi connectivity index (χ1n) is 8.18. The van der Waals surface area contributed by atoms with Crippen molar-refractivity contribution in [3.05, 3.63) is 40.9 Å². The Morgan fingerprint density at radius 2 is 2.20 bits per heavy atom. The zero-order valence-corrected chi connectivity index (χ0v) is 15.1. The number of carbonyl (C=O) groups is 2. The molecule has 0 fully saturated rings. The normalized spacial score (nSPS) is 11.9. The SMILES string of the molecule is CCCCOC(C)C(=O)NCc1cccc(-c2nc(C(=O)O)cs2)c1.